The summed E-state index contributed by atoms with van der Waals surface area (Å²) in [5.74, 6) is 0.768. The standard InChI is InChI=1S/C29H47NO6S/c1-20(9-12-24-19-29(5,33)15-16-34-24)10-13-26-21(2)18-25(23(4)36-26)30-27(31)14-11-22(3)35-28(32)8-7-17-37-6/h9-12,14,21-26,33H,7-8,13,15-19H2,1-6H3,(H,30,31)/b12-9+,14-11-,20-10+. The lowest BCUT2D eigenvalue weighted by molar-refractivity contribution is -0.146. The Labute approximate surface area is 227 Å². The van der Waals surface area contributed by atoms with Gasteiger partial charge in [0.1, 0.15) is 6.10 Å². The molecule has 2 aliphatic heterocycles. The summed E-state index contributed by atoms with van der Waals surface area (Å²) in [5.41, 5.74) is 0.476. The van der Waals surface area contributed by atoms with Gasteiger partial charge in [0.25, 0.3) is 0 Å². The predicted octanol–water partition coefficient (Wildman–Crippen LogP) is 4.74. The van der Waals surface area contributed by atoms with E-state index >= 15 is 0 Å². The van der Waals surface area contributed by atoms with Crippen LogP contribution < -0.4 is 5.32 Å². The van der Waals surface area contributed by atoms with Crippen molar-refractivity contribution in [2.75, 3.05) is 18.6 Å². The van der Waals surface area contributed by atoms with E-state index in [9.17, 15) is 14.7 Å². The molecule has 7 atom stereocenters. The molecule has 0 radical (unpaired) electrons. The van der Waals surface area contributed by atoms with Crippen molar-refractivity contribution in [3.63, 3.8) is 0 Å². The Kier molecular flexibility index (Phi) is 13.4. The molecule has 0 bridgehead atoms. The van der Waals surface area contributed by atoms with E-state index in [-0.39, 0.29) is 42.1 Å². The number of rotatable bonds is 12. The summed E-state index contributed by atoms with van der Waals surface area (Å²) in [6, 6.07) is -0.0750. The van der Waals surface area contributed by atoms with Gasteiger partial charge < -0.3 is 24.6 Å². The normalized spacial score (nSPS) is 32.0. The fourth-order valence-corrected chi connectivity index (χ4v) is 5.04. The van der Waals surface area contributed by atoms with E-state index in [4.69, 9.17) is 14.2 Å². The Morgan fingerprint density at radius 3 is 2.76 bits per heavy atom. The lowest BCUT2D eigenvalue weighted by Crippen LogP contribution is -2.50. The second kappa shape index (κ2) is 15.7. The van der Waals surface area contributed by atoms with Crippen molar-refractivity contribution in [3.05, 3.63) is 36.0 Å². The van der Waals surface area contributed by atoms with Crippen LogP contribution in [0.3, 0.4) is 0 Å². The topological polar surface area (TPSA) is 94.1 Å². The van der Waals surface area contributed by atoms with Crippen molar-refractivity contribution in [1.82, 2.24) is 5.32 Å². The molecule has 2 heterocycles. The molecular formula is C29H47NO6S. The van der Waals surface area contributed by atoms with Crippen LogP contribution in [0, 0.1) is 5.92 Å². The third-order valence-electron chi connectivity index (χ3n) is 6.97. The number of carbonyl (C=O) groups excluding carboxylic acids is 2. The number of nitrogens with one attached hydrogen (secondary N) is 1. The summed E-state index contributed by atoms with van der Waals surface area (Å²) in [6.45, 7) is 10.4. The number of allylic oxidation sites excluding steroid dienone is 2. The molecule has 0 aromatic rings. The molecule has 7 unspecified atom stereocenters. The molecule has 7 nitrogen and oxygen atoms in total. The van der Waals surface area contributed by atoms with Crippen LogP contribution in [0.2, 0.25) is 0 Å². The SMILES string of the molecule is CSCCCC(=O)OC(C)/C=C\C(=O)NC1CC(C)C(C/C=C(C)/C=C/C2CC(C)(O)CCO2)OC1C. The van der Waals surface area contributed by atoms with E-state index in [1.165, 1.54) is 6.08 Å². The minimum Gasteiger partial charge on any atom is -0.458 e. The summed E-state index contributed by atoms with van der Waals surface area (Å²) < 4.78 is 17.3. The minimum atomic E-state index is -0.660. The largest absolute Gasteiger partial charge is 0.458 e. The molecule has 2 rings (SSSR count). The van der Waals surface area contributed by atoms with Gasteiger partial charge in [0.15, 0.2) is 0 Å². The summed E-state index contributed by atoms with van der Waals surface area (Å²) in [6.07, 6.45) is 14.9. The highest BCUT2D eigenvalue weighted by atomic mass is 32.2. The first kappa shape index (κ1) is 31.6. The molecule has 2 saturated heterocycles. The molecule has 2 fully saturated rings. The zero-order chi connectivity index (χ0) is 27.4. The van der Waals surface area contributed by atoms with Crippen molar-refractivity contribution in [2.45, 2.75) is 109 Å². The zero-order valence-electron chi connectivity index (χ0n) is 23.4. The maximum atomic E-state index is 12.5. The molecule has 2 aliphatic rings. The van der Waals surface area contributed by atoms with Crippen molar-refractivity contribution < 1.29 is 28.9 Å². The molecule has 2 N–H and O–H groups in total. The highest BCUT2D eigenvalue weighted by Crippen LogP contribution is 2.28. The van der Waals surface area contributed by atoms with Gasteiger partial charge in [-0.3, -0.25) is 9.59 Å². The lowest BCUT2D eigenvalue weighted by atomic mass is 9.88. The van der Waals surface area contributed by atoms with Gasteiger partial charge >= 0.3 is 5.97 Å². The molecule has 37 heavy (non-hydrogen) atoms. The number of thioether (sulfide) groups is 1. The van der Waals surface area contributed by atoms with Crippen LogP contribution in [0.1, 0.15) is 73.1 Å². The second-order valence-electron chi connectivity index (χ2n) is 10.8. The number of hydrogen-bond acceptors (Lipinski definition) is 7. The fourth-order valence-electron chi connectivity index (χ4n) is 4.61. The molecule has 0 aromatic carbocycles. The first-order valence-corrected chi connectivity index (χ1v) is 14.9. The van der Waals surface area contributed by atoms with Crippen LogP contribution in [0.25, 0.3) is 0 Å². The number of ether oxygens (including phenoxy) is 3. The van der Waals surface area contributed by atoms with Crippen LogP contribution in [-0.2, 0) is 23.8 Å². The van der Waals surface area contributed by atoms with Gasteiger partial charge in [0.05, 0.1) is 36.6 Å². The fraction of sp³-hybridized carbons (Fsp3) is 0.724. The maximum absolute atomic E-state index is 12.5. The van der Waals surface area contributed by atoms with Crippen molar-refractivity contribution in [1.29, 1.82) is 0 Å². The first-order chi connectivity index (χ1) is 17.5. The zero-order valence-corrected chi connectivity index (χ0v) is 24.2. The molecule has 0 aliphatic carbocycles. The van der Waals surface area contributed by atoms with Crippen LogP contribution in [0.4, 0.5) is 0 Å². The predicted molar refractivity (Wildman–Crippen MR) is 149 cm³/mol. The summed E-state index contributed by atoms with van der Waals surface area (Å²) in [7, 11) is 0. The minimum absolute atomic E-state index is 0.0598. The number of carbonyl (C=O) groups is 2. The summed E-state index contributed by atoms with van der Waals surface area (Å²) >= 11 is 1.70. The van der Waals surface area contributed by atoms with Gasteiger partial charge in [0, 0.05) is 18.9 Å². The monoisotopic (exact) mass is 537 g/mol. The smallest absolute Gasteiger partial charge is 0.306 e. The van der Waals surface area contributed by atoms with Gasteiger partial charge in [0.2, 0.25) is 5.91 Å². The van der Waals surface area contributed by atoms with Crippen molar-refractivity contribution in [3.8, 4) is 0 Å². The maximum Gasteiger partial charge on any atom is 0.306 e. The third-order valence-corrected chi connectivity index (χ3v) is 7.67. The quantitative estimate of drug-likeness (QED) is 0.161. The molecular weight excluding hydrogens is 490 g/mol. The Bertz CT molecular complexity index is 823. The van der Waals surface area contributed by atoms with E-state index < -0.39 is 11.7 Å². The first-order valence-electron chi connectivity index (χ1n) is 13.5. The Morgan fingerprint density at radius 2 is 2.05 bits per heavy atom. The highest BCUT2D eigenvalue weighted by Gasteiger charge is 2.33. The van der Waals surface area contributed by atoms with Crippen LogP contribution in [0.15, 0.2) is 36.0 Å². The van der Waals surface area contributed by atoms with Gasteiger partial charge in [-0.15, -0.1) is 0 Å². The number of esters is 1. The van der Waals surface area contributed by atoms with E-state index in [0.717, 1.165) is 30.6 Å². The average molecular weight is 538 g/mol. The number of aliphatic hydroxyl groups is 1. The van der Waals surface area contributed by atoms with E-state index in [2.05, 4.69) is 31.3 Å². The van der Waals surface area contributed by atoms with E-state index in [1.807, 2.05) is 26.2 Å². The Morgan fingerprint density at radius 1 is 1.30 bits per heavy atom. The third kappa shape index (κ3) is 12.2. The molecule has 210 valence electrons. The number of amides is 1. The molecule has 0 spiro atoms. The molecule has 0 saturated carbocycles. The number of hydrogen-bond donors (Lipinski definition) is 2. The van der Waals surface area contributed by atoms with Crippen molar-refractivity contribution >= 4 is 23.6 Å². The molecule has 0 aromatic heterocycles. The Balaban J connectivity index is 1.76. The summed E-state index contributed by atoms with van der Waals surface area (Å²) in [4.78, 5) is 24.3. The van der Waals surface area contributed by atoms with Crippen molar-refractivity contribution in [2.24, 2.45) is 5.92 Å². The van der Waals surface area contributed by atoms with Gasteiger partial charge in [-0.2, -0.15) is 11.8 Å². The van der Waals surface area contributed by atoms with Gasteiger partial charge in [-0.05, 0) is 77.4 Å². The highest BCUT2D eigenvalue weighted by molar-refractivity contribution is 7.98. The van der Waals surface area contributed by atoms with E-state index in [1.54, 1.807) is 24.8 Å². The lowest BCUT2D eigenvalue weighted by Gasteiger charge is -2.39. The van der Waals surface area contributed by atoms with Crippen LogP contribution in [-0.4, -0.2) is 71.7 Å². The average Bonchev–Trinajstić information content (AvgIpc) is 2.82. The van der Waals surface area contributed by atoms with E-state index in [0.29, 0.717) is 25.9 Å². The van der Waals surface area contributed by atoms with Crippen LogP contribution >= 0.6 is 11.8 Å². The molecule has 8 heteroatoms. The van der Waals surface area contributed by atoms with Gasteiger partial charge in [-0.25, -0.2) is 0 Å². The summed E-state index contributed by atoms with van der Waals surface area (Å²) in [5, 5.41) is 13.3. The van der Waals surface area contributed by atoms with Gasteiger partial charge in [-0.1, -0.05) is 30.7 Å². The van der Waals surface area contributed by atoms with Crippen LogP contribution in [0.5, 0.6) is 0 Å². The second-order valence-corrected chi connectivity index (χ2v) is 11.7. The Hall–Kier alpha value is -1.61. The molecule has 1 amide bonds.